The van der Waals surface area contributed by atoms with Crippen molar-refractivity contribution < 1.29 is 4.79 Å². The fourth-order valence-electron chi connectivity index (χ4n) is 2.97. The molecule has 2 aromatic heterocycles. The Morgan fingerprint density at radius 1 is 1.12 bits per heavy atom. The maximum atomic E-state index is 12.4. The first-order chi connectivity index (χ1) is 12.7. The Kier molecular flexibility index (Phi) is 4.23. The van der Waals surface area contributed by atoms with Crippen LogP contribution in [0.1, 0.15) is 16.3 Å². The average molecular weight is 345 g/mol. The molecule has 0 saturated heterocycles. The average Bonchev–Trinajstić information content (AvgIpc) is 3.25. The summed E-state index contributed by atoms with van der Waals surface area (Å²) >= 11 is 0. The van der Waals surface area contributed by atoms with E-state index in [2.05, 4.69) is 20.4 Å². The first-order valence-electron chi connectivity index (χ1n) is 8.52. The summed E-state index contributed by atoms with van der Waals surface area (Å²) in [6.07, 6.45) is 0.638. The number of rotatable bonds is 5. The maximum Gasteiger partial charge on any atom is 0.271 e. The molecule has 1 amide bonds. The second-order valence-corrected chi connectivity index (χ2v) is 6.11. The highest BCUT2D eigenvalue weighted by Gasteiger charge is 2.13. The van der Waals surface area contributed by atoms with E-state index in [1.165, 1.54) is 0 Å². The quantitative estimate of drug-likeness (QED) is 0.584. The van der Waals surface area contributed by atoms with E-state index < -0.39 is 0 Å². The van der Waals surface area contributed by atoms with Gasteiger partial charge in [0.25, 0.3) is 5.91 Å². The van der Waals surface area contributed by atoms with Crippen molar-refractivity contribution in [3.8, 4) is 11.3 Å². The van der Waals surface area contributed by atoms with Crippen molar-refractivity contribution in [2.75, 3.05) is 6.54 Å². The van der Waals surface area contributed by atoms with Gasteiger partial charge >= 0.3 is 0 Å². The molecule has 26 heavy (non-hydrogen) atoms. The molecule has 6 nitrogen and oxygen atoms in total. The predicted molar refractivity (Wildman–Crippen MR) is 101 cm³/mol. The molecule has 0 bridgehead atoms. The van der Waals surface area contributed by atoms with Crippen molar-refractivity contribution in [3.63, 3.8) is 0 Å². The Morgan fingerprint density at radius 2 is 1.88 bits per heavy atom. The summed E-state index contributed by atoms with van der Waals surface area (Å²) in [5.41, 5.74) is 4.30. The lowest BCUT2D eigenvalue weighted by Gasteiger charge is -2.00. The Balaban J connectivity index is 1.40. The van der Waals surface area contributed by atoms with Gasteiger partial charge in [-0.3, -0.25) is 9.48 Å². The molecular weight excluding hydrogens is 326 g/mol. The largest absolute Gasteiger partial charge is 0.350 e. The van der Waals surface area contributed by atoms with E-state index in [4.69, 9.17) is 0 Å². The molecule has 0 saturated carbocycles. The number of hydrogen-bond donors (Lipinski definition) is 2. The van der Waals surface area contributed by atoms with Crippen LogP contribution >= 0.6 is 0 Å². The number of imidazole rings is 1. The van der Waals surface area contributed by atoms with Crippen LogP contribution in [0.3, 0.4) is 0 Å². The monoisotopic (exact) mass is 345 g/mol. The Hall–Kier alpha value is -3.41. The molecule has 4 aromatic rings. The fourth-order valence-corrected chi connectivity index (χ4v) is 2.97. The van der Waals surface area contributed by atoms with E-state index in [0.717, 1.165) is 28.1 Å². The van der Waals surface area contributed by atoms with Crippen molar-refractivity contribution >= 4 is 16.9 Å². The maximum absolute atomic E-state index is 12.4. The lowest BCUT2D eigenvalue weighted by molar-refractivity contribution is 0.0948. The fraction of sp³-hybridized carbons (Fsp3) is 0.150. The zero-order valence-corrected chi connectivity index (χ0v) is 14.4. The van der Waals surface area contributed by atoms with Gasteiger partial charge in [-0.1, -0.05) is 42.5 Å². The highest BCUT2D eigenvalue weighted by Crippen LogP contribution is 2.19. The summed E-state index contributed by atoms with van der Waals surface area (Å²) in [4.78, 5) is 20.2. The topological polar surface area (TPSA) is 75.6 Å². The number of nitrogens with one attached hydrogen (secondary N) is 2. The molecule has 0 aliphatic heterocycles. The highest BCUT2D eigenvalue weighted by atomic mass is 16.1. The molecule has 0 atom stereocenters. The second kappa shape index (κ2) is 6.84. The molecule has 0 spiro atoms. The SMILES string of the molecule is Cn1nc(C(=O)NCCc2nc3ccccc3[nH]2)cc1-c1ccccc1. The Labute approximate surface area is 150 Å². The van der Waals surface area contributed by atoms with Gasteiger partial charge in [-0.2, -0.15) is 5.10 Å². The van der Waals surface area contributed by atoms with Crippen molar-refractivity contribution in [1.82, 2.24) is 25.1 Å². The molecule has 2 aromatic carbocycles. The Bertz CT molecular complexity index is 1020. The lowest BCUT2D eigenvalue weighted by atomic mass is 10.1. The van der Waals surface area contributed by atoms with Gasteiger partial charge in [0.15, 0.2) is 5.69 Å². The van der Waals surface area contributed by atoms with Crippen LogP contribution in [0.2, 0.25) is 0 Å². The number of carbonyl (C=O) groups excluding carboxylic acids is 1. The van der Waals surface area contributed by atoms with Crippen molar-refractivity contribution in [1.29, 1.82) is 0 Å². The van der Waals surface area contributed by atoms with Crippen molar-refractivity contribution in [2.24, 2.45) is 7.05 Å². The minimum Gasteiger partial charge on any atom is -0.350 e. The van der Waals surface area contributed by atoms with Gasteiger partial charge in [0.1, 0.15) is 5.82 Å². The molecule has 6 heteroatoms. The van der Waals surface area contributed by atoms with Crippen molar-refractivity contribution in [3.05, 3.63) is 72.2 Å². The zero-order valence-electron chi connectivity index (χ0n) is 14.4. The van der Waals surface area contributed by atoms with Gasteiger partial charge in [0, 0.05) is 20.0 Å². The lowest BCUT2D eigenvalue weighted by Crippen LogP contribution is -2.26. The van der Waals surface area contributed by atoms with Crippen LogP contribution in [0.5, 0.6) is 0 Å². The molecule has 0 unspecified atom stereocenters. The van der Waals surface area contributed by atoms with Gasteiger partial charge in [0.2, 0.25) is 0 Å². The molecular formula is C20H19N5O. The molecule has 0 aliphatic carbocycles. The first-order valence-corrected chi connectivity index (χ1v) is 8.52. The second-order valence-electron chi connectivity index (χ2n) is 6.11. The minimum absolute atomic E-state index is 0.182. The normalized spacial score (nSPS) is 11.0. The number of aromatic nitrogens is 4. The van der Waals surface area contributed by atoms with Crippen LogP contribution < -0.4 is 5.32 Å². The number of benzene rings is 2. The third-order valence-electron chi connectivity index (χ3n) is 4.27. The number of aromatic amines is 1. The number of H-pyrrole nitrogens is 1. The number of para-hydroxylation sites is 2. The van der Waals surface area contributed by atoms with Gasteiger partial charge in [0.05, 0.1) is 16.7 Å². The smallest absolute Gasteiger partial charge is 0.271 e. The Morgan fingerprint density at radius 3 is 2.69 bits per heavy atom. The number of carbonyl (C=O) groups is 1. The van der Waals surface area contributed by atoms with Crippen molar-refractivity contribution in [2.45, 2.75) is 6.42 Å². The van der Waals surface area contributed by atoms with Gasteiger partial charge in [-0.15, -0.1) is 0 Å². The van der Waals surface area contributed by atoms with Crippen LogP contribution in [0.15, 0.2) is 60.7 Å². The summed E-state index contributed by atoms with van der Waals surface area (Å²) in [6.45, 7) is 0.496. The third kappa shape index (κ3) is 3.21. The number of nitrogens with zero attached hydrogens (tertiary/aromatic N) is 3. The van der Waals surface area contributed by atoms with E-state index in [1.807, 2.05) is 67.7 Å². The summed E-state index contributed by atoms with van der Waals surface area (Å²) < 4.78 is 1.73. The number of hydrogen-bond acceptors (Lipinski definition) is 3. The first kappa shape index (κ1) is 16.1. The number of fused-ring (bicyclic) bond motifs is 1. The number of amides is 1. The highest BCUT2D eigenvalue weighted by molar-refractivity contribution is 5.93. The third-order valence-corrected chi connectivity index (χ3v) is 4.27. The van der Waals surface area contributed by atoms with E-state index in [-0.39, 0.29) is 5.91 Å². The van der Waals surface area contributed by atoms with Gasteiger partial charge in [-0.25, -0.2) is 4.98 Å². The van der Waals surface area contributed by atoms with Crippen LogP contribution in [-0.4, -0.2) is 32.2 Å². The van der Waals surface area contributed by atoms with Crippen LogP contribution in [-0.2, 0) is 13.5 Å². The minimum atomic E-state index is -0.182. The molecule has 0 fully saturated rings. The van der Waals surface area contributed by atoms with E-state index in [0.29, 0.717) is 18.7 Å². The summed E-state index contributed by atoms with van der Waals surface area (Å²) in [6, 6.07) is 19.6. The van der Waals surface area contributed by atoms with E-state index in [9.17, 15) is 4.79 Å². The van der Waals surface area contributed by atoms with Gasteiger partial charge < -0.3 is 10.3 Å². The molecule has 2 heterocycles. The number of aryl methyl sites for hydroxylation is 1. The predicted octanol–water partition coefficient (Wildman–Crippen LogP) is 2.94. The molecule has 2 N–H and O–H groups in total. The molecule has 0 radical (unpaired) electrons. The van der Waals surface area contributed by atoms with Crippen LogP contribution in [0.4, 0.5) is 0 Å². The summed E-state index contributed by atoms with van der Waals surface area (Å²) in [7, 11) is 1.84. The zero-order chi connectivity index (χ0) is 17.9. The summed E-state index contributed by atoms with van der Waals surface area (Å²) in [5, 5.41) is 7.24. The van der Waals surface area contributed by atoms with E-state index >= 15 is 0 Å². The molecule has 130 valence electrons. The molecule has 4 rings (SSSR count). The van der Waals surface area contributed by atoms with E-state index in [1.54, 1.807) is 4.68 Å². The summed E-state index contributed by atoms with van der Waals surface area (Å²) in [5.74, 6) is 0.677. The molecule has 0 aliphatic rings. The van der Waals surface area contributed by atoms with Crippen LogP contribution in [0, 0.1) is 0 Å². The van der Waals surface area contributed by atoms with Gasteiger partial charge in [-0.05, 0) is 23.8 Å². The van der Waals surface area contributed by atoms with Crippen LogP contribution in [0.25, 0.3) is 22.3 Å². The standard InChI is InChI=1S/C20H19N5O/c1-25-18(14-7-3-2-4-8-14)13-17(24-25)20(26)21-12-11-19-22-15-9-5-6-10-16(15)23-19/h2-10,13H,11-12H2,1H3,(H,21,26)(H,22,23).